The first kappa shape index (κ1) is 19.9. The zero-order chi connectivity index (χ0) is 22.4. The van der Waals surface area contributed by atoms with E-state index in [-0.39, 0.29) is 39.3 Å². The number of carbonyl (C=O) groups is 3. The number of para-hydroxylation sites is 1. The Labute approximate surface area is 172 Å². The standard InChI is InChI=1S/C20H15N3O8/c21-8(19(27)28)4-10(24)7-2-1-3-13-16(7)23-18-14(31-13)6-12(26)17-15(18)11(25)5-9(22-17)20(29)30/h1-3,5-6,8,23,26H,4,21H2,(H,22,25)(H,27,28)(H,29,30)/t8-/m0/s1. The Balaban J connectivity index is 1.86. The van der Waals surface area contributed by atoms with Crippen LogP contribution >= 0.6 is 0 Å². The van der Waals surface area contributed by atoms with Gasteiger partial charge in [-0.05, 0) is 12.1 Å². The van der Waals surface area contributed by atoms with Crippen molar-refractivity contribution in [2.45, 2.75) is 12.5 Å². The number of aromatic hydroxyl groups is 1. The van der Waals surface area contributed by atoms with E-state index in [1.165, 1.54) is 24.3 Å². The molecule has 0 saturated heterocycles. The van der Waals surface area contributed by atoms with Gasteiger partial charge in [-0.1, -0.05) is 6.07 Å². The number of carboxylic acids is 2. The Morgan fingerprint density at radius 2 is 1.84 bits per heavy atom. The fourth-order valence-electron chi connectivity index (χ4n) is 3.33. The average molecular weight is 425 g/mol. The molecule has 1 aromatic heterocycles. The van der Waals surface area contributed by atoms with Crippen LogP contribution in [0.5, 0.6) is 17.2 Å². The molecular formula is C20H15N3O8. The van der Waals surface area contributed by atoms with Gasteiger partial charge in [0.15, 0.2) is 22.7 Å². The molecule has 0 radical (unpaired) electrons. The van der Waals surface area contributed by atoms with Gasteiger partial charge < -0.3 is 36.1 Å². The summed E-state index contributed by atoms with van der Waals surface area (Å²) in [6, 6.07) is 5.19. The highest BCUT2D eigenvalue weighted by Crippen LogP contribution is 2.48. The predicted octanol–water partition coefficient (Wildman–Crippen LogP) is 1.77. The van der Waals surface area contributed by atoms with Gasteiger partial charge in [0.1, 0.15) is 17.5 Å². The second-order valence-corrected chi connectivity index (χ2v) is 6.85. The summed E-state index contributed by atoms with van der Waals surface area (Å²) in [7, 11) is 0. The number of anilines is 2. The molecule has 4 rings (SSSR count). The lowest BCUT2D eigenvalue weighted by Gasteiger charge is -2.25. The minimum Gasteiger partial charge on any atom is -0.506 e. The van der Waals surface area contributed by atoms with Crippen molar-refractivity contribution >= 4 is 40.0 Å². The number of nitrogens with two attached hydrogens (primary N) is 1. The first-order chi connectivity index (χ1) is 14.7. The number of phenolic OH excluding ortho intramolecular Hbond substituents is 1. The molecule has 1 atom stereocenters. The van der Waals surface area contributed by atoms with Gasteiger partial charge in [0, 0.05) is 24.1 Å². The van der Waals surface area contributed by atoms with Gasteiger partial charge in [0.2, 0.25) is 0 Å². The molecule has 0 spiro atoms. The smallest absolute Gasteiger partial charge is 0.352 e. The van der Waals surface area contributed by atoms with E-state index in [9.17, 15) is 24.3 Å². The molecule has 11 heteroatoms. The van der Waals surface area contributed by atoms with E-state index >= 15 is 0 Å². The number of benzene rings is 2. The highest BCUT2D eigenvalue weighted by molar-refractivity contribution is 6.08. The topological polar surface area (TPSA) is 192 Å². The maximum absolute atomic E-state index is 12.6. The Bertz CT molecular complexity index is 1340. The third kappa shape index (κ3) is 3.32. The third-order valence-corrected chi connectivity index (χ3v) is 4.80. The fraction of sp³-hybridized carbons (Fsp3) is 0.100. The minimum absolute atomic E-state index is 0.0739. The van der Waals surface area contributed by atoms with Crippen LogP contribution in [0.3, 0.4) is 0 Å². The minimum atomic E-state index is -1.39. The van der Waals surface area contributed by atoms with E-state index < -0.39 is 47.1 Å². The molecule has 0 aliphatic carbocycles. The molecular weight excluding hydrogens is 410 g/mol. The number of pyridine rings is 1. The molecule has 0 amide bonds. The molecule has 7 N–H and O–H groups in total. The molecule has 31 heavy (non-hydrogen) atoms. The summed E-state index contributed by atoms with van der Waals surface area (Å²) >= 11 is 0. The largest absolute Gasteiger partial charge is 0.506 e. The number of carbonyl (C=O) groups excluding carboxylic acids is 1. The number of hydrogen-bond donors (Lipinski definition) is 6. The lowest BCUT2D eigenvalue weighted by molar-refractivity contribution is -0.138. The zero-order valence-electron chi connectivity index (χ0n) is 15.6. The van der Waals surface area contributed by atoms with Crippen LogP contribution in [-0.2, 0) is 4.79 Å². The first-order valence-corrected chi connectivity index (χ1v) is 8.93. The number of aliphatic carboxylic acids is 1. The Morgan fingerprint density at radius 3 is 2.52 bits per heavy atom. The number of aromatic nitrogens is 1. The van der Waals surface area contributed by atoms with E-state index in [0.29, 0.717) is 0 Å². The maximum Gasteiger partial charge on any atom is 0.352 e. The molecule has 158 valence electrons. The summed E-state index contributed by atoms with van der Waals surface area (Å²) in [4.78, 5) is 50.0. The maximum atomic E-state index is 12.6. The van der Waals surface area contributed by atoms with Crippen LogP contribution < -0.4 is 21.2 Å². The van der Waals surface area contributed by atoms with Gasteiger partial charge in [-0.2, -0.15) is 0 Å². The summed E-state index contributed by atoms with van der Waals surface area (Å²) < 4.78 is 5.75. The number of carboxylic acid groups (broad SMARTS) is 2. The van der Waals surface area contributed by atoms with Crippen molar-refractivity contribution in [1.29, 1.82) is 0 Å². The molecule has 1 aliphatic heterocycles. The number of Topliss-reactive ketones (excluding diaryl/α,β-unsaturated/α-hetero) is 1. The molecule has 0 unspecified atom stereocenters. The number of H-pyrrole nitrogens is 1. The predicted molar refractivity (Wildman–Crippen MR) is 108 cm³/mol. The zero-order valence-corrected chi connectivity index (χ0v) is 15.6. The number of fused-ring (bicyclic) bond motifs is 4. The second kappa shape index (κ2) is 7.15. The summed E-state index contributed by atoms with van der Waals surface area (Å²) in [6.07, 6.45) is -0.459. The monoisotopic (exact) mass is 425 g/mol. The van der Waals surface area contributed by atoms with E-state index in [1.807, 2.05) is 0 Å². The van der Waals surface area contributed by atoms with Crippen LogP contribution in [0, 0.1) is 0 Å². The molecule has 2 aromatic carbocycles. The second-order valence-electron chi connectivity index (χ2n) is 6.85. The number of ether oxygens (including phenoxy) is 1. The Hall–Kier alpha value is -4.38. The Morgan fingerprint density at radius 1 is 1.10 bits per heavy atom. The number of phenols is 1. The summed E-state index contributed by atoms with van der Waals surface area (Å²) in [5.41, 5.74) is 4.62. The lowest BCUT2D eigenvalue weighted by Crippen LogP contribution is -2.32. The molecule has 2 heterocycles. The molecule has 3 aromatic rings. The SMILES string of the molecule is N[C@@H](CC(=O)c1cccc2c1Nc1c(cc(O)c3[nH]c(C(=O)O)cc(=O)c13)O2)C(=O)O. The molecule has 0 fully saturated rings. The van der Waals surface area contributed by atoms with Gasteiger partial charge in [-0.15, -0.1) is 0 Å². The molecule has 0 saturated carbocycles. The first-order valence-electron chi connectivity index (χ1n) is 8.93. The van der Waals surface area contributed by atoms with Crippen LogP contribution in [-0.4, -0.2) is 44.1 Å². The Kier molecular flexibility index (Phi) is 4.59. The highest BCUT2D eigenvalue weighted by Gasteiger charge is 2.28. The number of hydrogen-bond acceptors (Lipinski definition) is 8. The fourth-order valence-corrected chi connectivity index (χ4v) is 3.33. The number of nitrogens with one attached hydrogen (secondary N) is 2. The van der Waals surface area contributed by atoms with Crippen molar-refractivity contribution in [1.82, 2.24) is 4.98 Å². The quantitative estimate of drug-likeness (QED) is 0.203. The molecule has 11 nitrogen and oxygen atoms in total. The molecule has 0 bridgehead atoms. The third-order valence-electron chi connectivity index (χ3n) is 4.80. The summed E-state index contributed by atoms with van der Waals surface area (Å²) in [6.45, 7) is 0. The van der Waals surface area contributed by atoms with E-state index in [2.05, 4.69) is 10.3 Å². The lowest BCUT2D eigenvalue weighted by atomic mass is 10.00. The van der Waals surface area contributed by atoms with Crippen LogP contribution in [0.15, 0.2) is 35.1 Å². The van der Waals surface area contributed by atoms with Crippen molar-refractivity contribution in [2.75, 3.05) is 5.32 Å². The van der Waals surface area contributed by atoms with E-state index in [4.69, 9.17) is 20.7 Å². The normalized spacial score (nSPS) is 12.8. The highest BCUT2D eigenvalue weighted by atomic mass is 16.5. The summed E-state index contributed by atoms with van der Waals surface area (Å²) in [5.74, 6) is -3.38. The van der Waals surface area contributed by atoms with Crippen molar-refractivity contribution < 1.29 is 34.4 Å². The summed E-state index contributed by atoms with van der Waals surface area (Å²) in [5, 5.41) is 31.3. The van der Waals surface area contributed by atoms with Gasteiger partial charge in [0.05, 0.1) is 22.3 Å². The number of rotatable bonds is 5. The average Bonchev–Trinajstić information content (AvgIpc) is 2.71. The van der Waals surface area contributed by atoms with Crippen molar-refractivity contribution in [2.24, 2.45) is 5.73 Å². The van der Waals surface area contributed by atoms with Gasteiger partial charge >= 0.3 is 11.9 Å². The van der Waals surface area contributed by atoms with Crippen LogP contribution in [0.25, 0.3) is 10.9 Å². The van der Waals surface area contributed by atoms with Crippen molar-refractivity contribution in [3.05, 3.63) is 51.8 Å². The van der Waals surface area contributed by atoms with Gasteiger partial charge in [0.25, 0.3) is 0 Å². The number of aromatic carboxylic acids is 1. The van der Waals surface area contributed by atoms with Crippen molar-refractivity contribution in [3.8, 4) is 17.2 Å². The van der Waals surface area contributed by atoms with Gasteiger partial charge in [-0.3, -0.25) is 14.4 Å². The number of ketones is 1. The van der Waals surface area contributed by atoms with Crippen LogP contribution in [0.2, 0.25) is 0 Å². The van der Waals surface area contributed by atoms with E-state index in [1.54, 1.807) is 0 Å². The number of aromatic amines is 1. The van der Waals surface area contributed by atoms with Crippen LogP contribution in [0.4, 0.5) is 11.4 Å². The van der Waals surface area contributed by atoms with Crippen molar-refractivity contribution in [3.63, 3.8) is 0 Å². The van der Waals surface area contributed by atoms with E-state index in [0.717, 1.165) is 6.07 Å². The molecule has 1 aliphatic rings. The van der Waals surface area contributed by atoms with Gasteiger partial charge in [-0.25, -0.2) is 4.79 Å². The van der Waals surface area contributed by atoms with Crippen LogP contribution in [0.1, 0.15) is 27.3 Å².